The van der Waals surface area contributed by atoms with Gasteiger partial charge in [0.2, 0.25) is 0 Å². The lowest BCUT2D eigenvalue weighted by Gasteiger charge is -2.14. The molecule has 3 heteroatoms. The monoisotopic (exact) mass is 250 g/mol. The molecule has 0 aliphatic rings. The summed E-state index contributed by atoms with van der Waals surface area (Å²) < 4.78 is 10.4. The quantitative estimate of drug-likeness (QED) is 0.778. The molecular weight excluding hydrogens is 228 g/mol. The molecule has 1 aromatic carbocycles. The highest BCUT2D eigenvalue weighted by molar-refractivity contribution is 5.82. The molecule has 0 saturated heterocycles. The van der Waals surface area contributed by atoms with Gasteiger partial charge in [0.15, 0.2) is 11.5 Å². The van der Waals surface area contributed by atoms with Crippen molar-refractivity contribution in [1.29, 1.82) is 0 Å². The van der Waals surface area contributed by atoms with Crippen molar-refractivity contribution < 1.29 is 14.3 Å². The number of benzene rings is 1. The predicted molar refractivity (Wildman–Crippen MR) is 72.3 cm³/mol. The van der Waals surface area contributed by atoms with Crippen LogP contribution in [0.4, 0.5) is 0 Å². The Kier molecular flexibility index (Phi) is 5.20. The van der Waals surface area contributed by atoms with E-state index in [1.807, 2.05) is 39.0 Å². The molecule has 0 fully saturated rings. The van der Waals surface area contributed by atoms with Crippen molar-refractivity contribution in [3.8, 4) is 11.5 Å². The molecule has 18 heavy (non-hydrogen) atoms. The average Bonchev–Trinajstić information content (AvgIpc) is 2.37. The van der Waals surface area contributed by atoms with Crippen LogP contribution >= 0.6 is 0 Å². The standard InChI is InChI=1S/C15H22O3/c1-10(2)15(16)11(3)8-12-6-7-13(17-4)14(9-12)18-5/h6-7,9-11H,8H2,1-5H3. The first-order valence-electron chi connectivity index (χ1n) is 6.24. The van der Waals surface area contributed by atoms with Crippen molar-refractivity contribution in [3.05, 3.63) is 23.8 Å². The summed E-state index contributed by atoms with van der Waals surface area (Å²) in [4.78, 5) is 11.9. The Morgan fingerprint density at radius 3 is 2.22 bits per heavy atom. The number of ketones is 1. The van der Waals surface area contributed by atoms with E-state index in [1.165, 1.54) is 0 Å². The number of hydrogen-bond donors (Lipinski definition) is 0. The molecule has 1 aromatic rings. The summed E-state index contributed by atoms with van der Waals surface area (Å²) in [6.45, 7) is 5.85. The summed E-state index contributed by atoms with van der Waals surface area (Å²) in [6.07, 6.45) is 0.733. The third-order valence-electron chi connectivity index (χ3n) is 3.04. The molecule has 1 atom stereocenters. The summed E-state index contributed by atoms with van der Waals surface area (Å²) in [5.41, 5.74) is 1.09. The van der Waals surface area contributed by atoms with Crippen molar-refractivity contribution in [2.75, 3.05) is 14.2 Å². The minimum absolute atomic E-state index is 0.0306. The second-order valence-corrected chi connectivity index (χ2v) is 4.85. The van der Waals surface area contributed by atoms with Gasteiger partial charge in [-0.3, -0.25) is 4.79 Å². The molecular formula is C15H22O3. The maximum atomic E-state index is 11.9. The van der Waals surface area contributed by atoms with Crippen molar-refractivity contribution in [2.24, 2.45) is 11.8 Å². The van der Waals surface area contributed by atoms with Crippen LogP contribution in [-0.4, -0.2) is 20.0 Å². The maximum absolute atomic E-state index is 11.9. The van der Waals surface area contributed by atoms with Crippen molar-refractivity contribution in [2.45, 2.75) is 27.2 Å². The first kappa shape index (κ1) is 14.6. The molecule has 100 valence electrons. The molecule has 0 N–H and O–H groups in total. The van der Waals surface area contributed by atoms with Crippen LogP contribution in [0.2, 0.25) is 0 Å². The summed E-state index contributed by atoms with van der Waals surface area (Å²) in [6, 6.07) is 5.79. The highest BCUT2D eigenvalue weighted by Crippen LogP contribution is 2.28. The van der Waals surface area contributed by atoms with Gasteiger partial charge in [0.25, 0.3) is 0 Å². The lowest BCUT2D eigenvalue weighted by Crippen LogP contribution is -2.19. The second kappa shape index (κ2) is 6.43. The van der Waals surface area contributed by atoms with Gasteiger partial charge >= 0.3 is 0 Å². The van der Waals surface area contributed by atoms with Crippen LogP contribution in [-0.2, 0) is 11.2 Å². The molecule has 0 heterocycles. The molecule has 0 bridgehead atoms. The lowest BCUT2D eigenvalue weighted by molar-refractivity contribution is -0.125. The molecule has 0 aromatic heterocycles. The van der Waals surface area contributed by atoms with Gasteiger partial charge < -0.3 is 9.47 Å². The van der Waals surface area contributed by atoms with Crippen molar-refractivity contribution in [1.82, 2.24) is 0 Å². The topological polar surface area (TPSA) is 35.5 Å². The van der Waals surface area contributed by atoms with Gasteiger partial charge in [0, 0.05) is 11.8 Å². The molecule has 1 unspecified atom stereocenters. The van der Waals surface area contributed by atoms with Crippen LogP contribution in [0.1, 0.15) is 26.3 Å². The molecule has 3 nitrogen and oxygen atoms in total. The van der Waals surface area contributed by atoms with Crippen LogP contribution < -0.4 is 9.47 Å². The molecule has 0 saturated carbocycles. The van der Waals surface area contributed by atoms with Crippen LogP contribution in [0.5, 0.6) is 11.5 Å². The Morgan fingerprint density at radius 2 is 1.72 bits per heavy atom. The Hall–Kier alpha value is -1.51. The normalized spacial score (nSPS) is 12.3. The molecule has 0 aliphatic heterocycles. The molecule has 0 aliphatic carbocycles. The third-order valence-corrected chi connectivity index (χ3v) is 3.04. The summed E-state index contributed by atoms with van der Waals surface area (Å²) >= 11 is 0. The smallest absolute Gasteiger partial charge is 0.160 e. The number of carbonyl (C=O) groups excluding carboxylic acids is 1. The maximum Gasteiger partial charge on any atom is 0.160 e. The van der Waals surface area contributed by atoms with E-state index < -0.39 is 0 Å². The van der Waals surface area contributed by atoms with Crippen LogP contribution in [0, 0.1) is 11.8 Å². The zero-order valence-corrected chi connectivity index (χ0v) is 11.8. The first-order valence-corrected chi connectivity index (χ1v) is 6.24. The number of methoxy groups -OCH3 is 2. The third kappa shape index (κ3) is 3.49. The number of hydrogen-bond acceptors (Lipinski definition) is 3. The van der Waals surface area contributed by atoms with Gasteiger partial charge in [-0.25, -0.2) is 0 Å². The van der Waals surface area contributed by atoms with E-state index >= 15 is 0 Å². The van der Waals surface area contributed by atoms with Crippen LogP contribution in [0.15, 0.2) is 18.2 Å². The Balaban J connectivity index is 2.82. The van der Waals surface area contributed by atoms with Crippen molar-refractivity contribution in [3.63, 3.8) is 0 Å². The Morgan fingerprint density at radius 1 is 1.11 bits per heavy atom. The average molecular weight is 250 g/mol. The fourth-order valence-corrected chi connectivity index (χ4v) is 2.03. The molecule has 1 rings (SSSR count). The van der Waals surface area contributed by atoms with E-state index in [0.717, 1.165) is 12.0 Å². The van der Waals surface area contributed by atoms with Gasteiger partial charge in [-0.15, -0.1) is 0 Å². The minimum atomic E-state index is 0.0306. The Labute approximate surface area is 109 Å². The van der Waals surface area contributed by atoms with E-state index in [9.17, 15) is 4.79 Å². The van der Waals surface area contributed by atoms with Gasteiger partial charge in [0.05, 0.1) is 14.2 Å². The molecule has 0 radical (unpaired) electrons. The SMILES string of the molecule is COc1ccc(CC(C)C(=O)C(C)C)cc1OC. The molecule has 0 spiro atoms. The highest BCUT2D eigenvalue weighted by Gasteiger charge is 2.17. The fraction of sp³-hybridized carbons (Fsp3) is 0.533. The number of ether oxygens (including phenoxy) is 2. The highest BCUT2D eigenvalue weighted by atomic mass is 16.5. The van der Waals surface area contributed by atoms with E-state index in [0.29, 0.717) is 17.3 Å². The Bertz CT molecular complexity index is 410. The summed E-state index contributed by atoms with van der Waals surface area (Å²) in [5.74, 6) is 1.83. The number of Topliss-reactive ketones (excluding diaryl/α,β-unsaturated/α-hetero) is 1. The van der Waals surface area contributed by atoms with E-state index in [2.05, 4.69) is 0 Å². The zero-order valence-electron chi connectivity index (χ0n) is 11.8. The van der Waals surface area contributed by atoms with E-state index in [1.54, 1.807) is 14.2 Å². The fourth-order valence-electron chi connectivity index (χ4n) is 2.03. The van der Waals surface area contributed by atoms with E-state index in [-0.39, 0.29) is 11.8 Å². The van der Waals surface area contributed by atoms with Gasteiger partial charge in [-0.2, -0.15) is 0 Å². The number of carbonyl (C=O) groups is 1. The molecule has 0 amide bonds. The number of rotatable bonds is 6. The van der Waals surface area contributed by atoms with Gasteiger partial charge in [0.1, 0.15) is 5.78 Å². The van der Waals surface area contributed by atoms with Crippen molar-refractivity contribution >= 4 is 5.78 Å². The minimum Gasteiger partial charge on any atom is -0.493 e. The van der Waals surface area contributed by atoms with Crippen LogP contribution in [0.3, 0.4) is 0 Å². The summed E-state index contributed by atoms with van der Waals surface area (Å²) in [7, 11) is 3.23. The predicted octanol–water partition coefficient (Wildman–Crippen LogP) is 3.11. The first-order chi connectivity index (χ1) is 8.49. The largest absolute Gasteiger partial charge is 0.493 e. The summed E-state index contributed by atoms with van der Waals surface area (Å²) in [5, 5.41) is 0. The van der Waals surface area contributed by atoms with Gasteiger partial charge in [-0.1, -0.05) is 26.8 Å². The lowest BCUT2D eigenvalue weighted by atomic mass is 9.91. The second-order valence-electron chi connectivity index (χ2n) is 4.85. The zero-order chi connectivity index (χ0) is 13.7. The van der Waals surface area contributed by atoms with E-state index in [4.69, 9.17) is 9.47 Å². The van der Waals surface area contributed by atoms with Crippen LogP contribution in [0.25, 0.3) is 0 Å². The van der Waals surface area contributed by atoms with Gasteiger partial charge in [-0.05, 0) is 24.1 Å².